The summed E-state index contributed by atoms with van der Waals surface area (Å²) in [6.07, 6.45) is 4.74. The first kappa shape index (κ1) is 21.0. The lowest BCUT2D eigenvalue weighted by molar-refractivity contribution is -0.116. The van der Waals surface area contributed by atoms with Crippen LogP contribution in [0.25, 0.3) is 10.2 Å². The first-order valence-electron chi connectivity index (χ1n) is 10.3. The predicted molar refractivity (Wildman–Crippen MR) is 123 cm³/mol. The summed E-state index contributed by atoms with van der Waals surface area (Å²) < 4.78 is 1.31. The van der Waals surface area contributed by atoms with E-state index in [0.29, 0.717) is 21.5 Å². The number of thiophene rings is 1. The van der Waals surface area contributed by atoms with E-state index < -0.39 is 5.91 Å². The monoisotopic (exact) mass is 439 g/mol. The number of fused-ring (bicyclic) bond motifs is 1. The van der Waals surface area contributed by atoms with Crippen LogP contribution in [-0.2, 0) is 11.3 Å². The van der Waals surface area contributed by atoms with Crippen molar-refractivity contribution in [3.05, 3.63) is 50.9 Å². The number of aryl methyl sites for hydroxylation is 2. The molecule has 0 bridgehead atoms. The van der Waals surface area contributed by atoms with Crippen LogP contribution in [-0.4, -0.2) is 34.5 Å². The molecular formula is C22H25N5O3S. The van der Waals surface area contributed by atoms with E-state index in [9.17, 15) is 14.4 Å². The summed E-state index contributed by atoms with van der Waals surface area (Å²) in [6.45, 7) is 5.44. The lowest BCUT2D eigenvalue weighted by Crippen LogP contribution is -2.32. The van der Waals surface area contributed by atoms with Gasteiger partial charge in [0.2, 0.25) is 11.8 Å². The minimum Gasteiger partial charge on any atom is -0.370 e. The van der Waals surface area contributed by atoms with E-state index in [4.69, 9.17) is 5.73 Å². The van der Waals surface area contributed by atoms with Crippen molar-refractivity contribution in [3.63, 3.8) is 0 Å². The average molecular weight is 440 g/mol. The van der Waals surface area contributed by atoms with Crippen molar-refractivity contribution in [1.29, 1.82) is 0 Å². The summed E-state index contributed by atoms with van der Waals surface area (Å²) >= 11 is 1.47. The van der Waals surface area contributed by atoms with Crippen molar-refractivity contribution in [2.24, 2.45) is 5.73 Å². The van der Waals surface area contributed by atoms with Crippen LogP contribution in [0.3, 0.4) is 0 Å². The zero-order chi connectivity index (χ0) is 22.1. The molecule has 0 unspecified atom stereocenters. The molecule has 3 heterocycles. The number of rotatable bonds is 5. The smallest absolute Gasteiger partial charge is 0.262 e. The summed E-state index contributed by atoms with van der Waals surface area (Å²) in [5, 5.41) is 3.43. The van der Waals surface area contributed by atoms with E-state index >= 15 is 0 Å². The molecule has 0 spiro atoms. The third-order valence-electron chi connectivity index (χ3n) is 5.72. The SMILES string of the molecule is Cc1sc2ncn(CC(=O)Nc3cc(C(N)=O)ccc3N3CCCCC3)c(=O)c2c1C. The van der Waals surface area contributed by atoms with Gasteiger partial charge in [-0.15, -0.1) is 11.3 Å². The van der Waals surface area contributed by atoms with Crippen molar-refractivity contribution in [2.75, 3.05) is 23.3 Å². The minimum atomic E-state index is -0.560. The Labute approximate surface area is 183 Å². The molecule has 0 aliphatic carbocycles. The number of aromatic nitrogens is 2. The molecule has 3 aromatic rings. The van der Waals surface area contributed by atoms with Crippen molar-refractivity contribution >= 4 is 44.7 Å². The van der Waals surface area contributed by atoms with Crippen LogP contribution in [0.4, 0.5) is 11.4 Å². The van der Waals surface area contributed by atoms with Gasteiger partial charge in [0.1, 0.15) is 11.4 Å². The highest BCUT2D eigenvalue weighted by molar-refractivity contribution is 7.18. The molecule has 1 aromatic carbocycles. The molecule has 9 heteroatoms. The van der Waals surface area contributed by atoms with E-state index in [1.54, 1.807) is 12.1 Å². The topological polar surface area (TPSA) is 110 Å². The highest BCUT2D eigenvalue weighted by Crippen LogP contribution is 2.30. The molecule has 31 heavy (non-hydrogen) atoms. The Balaban J connectivity index is 1.62. The maximum Gasteiger partial charge on any atom is 0.262 e. The van der Waals surface area contributed by atoms with Crippen LogP contribution in [0.15, 0.2) is 29.3 Å². The Bertz CT molecular complexity index is 1220. The maximum absolute atomic E-state index is 12.9. The number of nitrogens with two attached hydrogens (primary N) is 1. The van der Waals surface area contributed by atoms with Gasteiger partial charge in [0, 0.05) is 23.5 Å². The quantitative estimate of drug-likeness (QED) is 0.635. The normalized spacial score (nSPS) is 14.1. The molecule has 0 saturated carbocycles. The van der Waals surface area contributed by atoms with Gasteiger partial charge in [0.25, 0.3) is 5.56 Å². The van der Waals surface area contributed by atoms with Gasteiger partial charge < -0.3 is 16.0 Å². The highest BCUT2D eigenvalue weighted by Gasteiger charge is 2.19. The zero-order valence-electron chi connectivity index (χ0n) is 17.6. The molecule has 1 fully saturated rings. The van der Waals surface area contributed by atoms with Crippen LogP contribution < -0.4 is 21.5 Å². The summed E-state index contributed by atoms with van der Waals surface area (Å²) in [7, 11) is 0. The van der Waals surface area contributed by atoms with E-state index in [-0.39, 0.29) is 18.0 Å². The number of piperidine rings is 1. The molecule has 2 amide bonds. The molecule has 1 aliphatic heterocycles. The summed E-state index contributed by atoms with van der Waals surface area (Å²) in [5.74, 6) is -0.928. The number of nitrogens with zero attached hydrogens (tertiary/aromatic N) is 3. The Morgan fingerprint density at radius 1 is 1.19 bits per heavy atom. The molecule has 162 valence electrons. The minimum absolute atomic E-state index is 0.170. The van der Waals surface area contributed by atoms with Crippen LogP contribution in [0.1, 0.15) is 40.1 Å². The average Bonchev–Trinajstić information content (AvgIpc) is 3.05. The number of benzene rings is 1. The molecule has 1 aliphatic rings. The molecule has 0 radical (unpaired) electrons. The predicted octanol–water partition coefficient (Wildman–Crippen LogP) is 2.80. The lowest BCUT2D eigenvalue weighted by atomic mass is 10.1. The van der Waals surface area contributed by atoms with Gasteiger partial charge in [-0.1, -0.05) is 0 Å². The van der Waals surface area contributed by atoms with Gasteiger partial charge >= 0.3 is 0 Å². The van der Waals surface area contributed by atoms with Crippen LogP contribution in [0, 0.1) is 13.8 Å². The third kappa shape index (κ3) is 4.18. The molecule has 3 N–H and O–H groups in total. The summed E-state index contributed by atoms with van der Waals surface area (Å²) in [4.78, 5) is 45.7. The lowest BCUT2D eigenvalue weighted by Gasteiger charge is -2.30. The van der Waals surface area contributed by atoms with Gasteiger partial charge in [-0.25, -0.2) is 4.98 Å². The molecule has 4 rings (SSSR count). The largest absolute Gasteiger partial charge is 0.370 e. The van der Waals surface area contributed by atoms with Gasteiger partial charge in [0.05, 0.1) is 23.1 Å². The van der Waals surface area contributed by atoms with Crippen LogP contribution in [0.5, 0.6) is 0 Å². The second-order valence-corrected chi connectivity index (χ2v) is 9.04. The summed E-state index contributed by atoms with van der Waals surface area (Å²) in [5.41, 5.74) is 7.79. The van der Waals surface area contributed by atoms with E-state index in [0.717, 1.165) is 42.1 Å². The molecule has 8 nitrogen and oxygen atoms in total. The zero-order valence-corrected chi connectivity index (χ0v) is 18.4. The van der Waals surface area contributed by atoms with Gasteiger partial charge in [0.15, 0.2) is 0 Å². The van der Waals surface area contributed by atoms with Crippen LogP contribution in [0.2, 0.25) is 0 Å². The number of primary amides is 1. The Kier molecular flexibility index (Phi) is 5.77. The number of amides is 2. The van der Waals surface area contributed by atoms with Crippen molar-refractivity contribution in [3.8, 4) is 0 Å². The second-order valence-electron chi connectivity index (χ2n) is 7.83. The van der Waals surface area contributed by atoms with E-state index in [2.05, 4.69) is 15.2 Å². The van der Waals surface area contributed by atoms with E-state index in [1.165, 1.54) is 28.7 Å². The fraction of sp³-hybridized carbons (Fsp3) is 0.364. The Hall–Kier alpha value is -3.20. The number of carbonyl (C=O) groups excluding carboxylic acids is 2. The van der Waals surface area contributed by atoms with Gasteiger partial charge in [-0.2, -0.15) is 0 Å². The maximum atomic E-state index is 12.9. The van der Waals surface area contributed by atoms with E-state index in [1.807, 2.05) is 19.9 Å². The Morgan fingerprint density at radius 2 is 1.94 bits per heavy atom. The molecule has 1 saturated heterocycles. The number of nitrogens with one attached hydrogen (secondary N) is 1. The number of anilines is 2. The second kappa shape index (κ2) is 8.50. The standard InChI is InChI=1S/C22H25N5O3S/c1-13-14(2)31-21-19(13)22(30)27(12-24-21)11-18(28)25-16-10-15(20(23)29)6-7-17(16)26-8-4-3-5-9-26/h6-7,10,12H,3-5,8-9,11H2,1-2H3,(H2,23,29)(H,25,28). The number of hydrogen-bond acceptors (Lipinski definition) is 6. The first-order valence-corrected chi connectivity index (χ1v) is 11.1. The van der Waals surface area contributed by atoms with Gasteiger partial charge in [-0.3, -0.25) is 19.0 Å². The molecule has 0 atom stereocenters. The van der Waals surface area contributed by atoms with Crippen LogP contribution >= 0.6 is 11.3 Å². The third-order valence-corrected chi connectivity index (χ3v) is 6.84. The number of hydrogen-bond donors (Lipinski definition) is 2. The van der Waals surface area contributed by atoms with Crippen molar-refractivity contribution in [1.82, 2.24) is 9.55 Å². The molecular weight excluding hydrogens is 414 g/mol. The van der Waals surface area contributed by atoms with Crippen molar-refractivity contribution in [2.45, 2.75) is 39.7 Å². The highest BCUT2D eigenvalue weighted by atomic mass is 32.1. The fourth-order valence-electron chi connectivity index (χ4n) is 3.93. The Morgan fingerprint density at radius 3 is 2.65 bits per heavy atom. The first-order chi connectivity index (χ1) is 14.8. The van der Waals surface area contributed by atoms with Gasteiger partial charge in [-0.05, 0) is 56.9 Å². The summed E-state index contributed by atoms with van der Waals surface area (Å²) in [6, 6.07) is 5.09. The van der Waals surface area contributed by atoms with Crippen molar-refractivity contribution < 1.29 is 9.59 Å². The molecule has 2 aromatic heterocycles. The number of carbonyl (C=O) groups is 2. The fourth-order valence-corrected chi connectivity index (χ4v) is 4.91.